The summed E-state index contributed by atoms with van der Waals surface area (Å²) in [4.78, 5) is 17.4. The molecule has 6 heteroatoms. The lowest BCUT2D eigenvalue weighted by Gasteiger charge is -2.31. The molecule has 6 nitrogen and oxygen atoms in total. The maximum atomic E-state index is 12.7. The van der Waals surface area contributed by atoms with Gasteiger partial charge in [0, 0.05) is 37.9 Å². The van der Waals surface area contributed by atoms with E-state index in [0.29, 0.717) is 6.04 Å². The van der Waals surface area contributed by atoms with E-state index in [0.717, 1.165) is 69.3 Å². The fraction of sp³-hybridized carbons (Fsp3) is 0.667. The Morgan fingerprint density at radius 3 is 2.41 bits per heavy atom. The molecule has 1 aromatic carbocycles. The van der Waals surface area contributed by atoms with Gasteiger partial charge in [-0.1, -0.05) is 19.3 Å². The predicted octanol–water partition coefficient (Wildman–Crippen LogP) is 3.58. The van der Waals surface area contributed by atoms with Gasteiger partial charge in [0.25, 0.3) is 0 Å². The van der Waals surface area contributed by atoms with Crippen LogP contribution in [0.2, 0.25) is 0 Å². The second-order valence-electron chi connectivity index (χ2n) is 7.93. The minimum atomic E-state index is -0.0681. The van der Waals surface area contributed by atoms with Gasteiger partial charge in [-0.15, -0.1) is 0 Å². The van der Waals surface area contributed by atoms with Crippen LogP contribution in [-0.4, -0.2) is 51.5 Å². The Labute approximate surface area is 162 Å². The average Bonchev–Trinajstić information content (AvgIpc) is 3.24. The molecule has 2 aliphatic heterocycles. The fourth-order valence-electron chi connectivity index (χ4n) is 4.47. The number of nitrogens with zero attached hydrogens (tertiary/aromatic N) is 2. The van der Waals surface area contributed by atoms with Gasteiger partial charge in [-0.25, -0.2) is 4.79 Å². The van der Waals surface area contributed by atoms with Crippen molar-refractivity contribution in [3.8, 4) is 0 Å². The Bertz CT molecular complexity index is 633. The Morgan fingerprint density at radius 1 is 0.926 bits per heavy atom. The van der Waals surface area contributed by atoms with Crippen LogP contribution in [0.3, 0.4) is 0 Å². The number of nitrogens with one attached hydrogen (secondary N) is 2. The normalized spacial score (nSPS) is 21.3. The number of rotatable bonds is 4. The van der Waals surface area contributed by atoms with Gasteiger partial charge in [0.2, 0.25) is 0 Å². The SMILES string of the molecule is O=C(Nc1cc(N2CCOCC2)ccc1N1CCCC1)NC1CCCCC1. The van der Waals surface area contributed by atoms with Gasteiger partial charge in [0.15, 0.2) is 0 Å². The lowest BCUT2D eigenvalue weighted by molar-refractivity contribution is 0.122. The molecule has 0 aromatic heterocycles. The van der Waals surface area contributed by atoms with Crippen LogP contribution in [0.4, 0.5) is 21.9 Å². The van der Waals surface area contributed by atoms with Gasteiger partial charge in [-0.05, 0) is 43.9 Å². The van der Waals surface area contributed by atoms with Crippen LogP contribution in [0.15, 0.2) is 18.2 Å². The van der Waals surface area contributed by atoms with Gasteiger partial charge in [-0.3, -0.25) is 0 Å². The third-order valence-corrected chi connectivity index (χ3v) is 5.99. The van der Waals surface area contributed by atoms with Crippen LogP contribution >= 0.6 is 0 Å². The molecule has 2 N–H and O–H groups in total. The van der Waals surface area contributed by atoms with Crippen LogP contribution in [0.5, 0.6) is 0 Å². The Kier molecular flexibility index (Phi) is 6.02. The molecular weight excluding hydrogens is 340 g/mol. The first kappa shape index (κ1) is 18.4. The molecule has 0 spiro atoms. The van der Waals surface area contributed by atoms with Crippen molar-refractivity contribution in [3.05, 3.63) is 18.2 Å². The number of hydrogen-bond donors (Lipinski definition) is 2. The minimum Gasteiger partial charge on any atom is -0.378 e. The monoisotopic (exact) mass is 372 g/mol. The van der Waals surface area contributed by atoms with Crippen molar-refractivity contribution in [2.24, 2.45) is 0 Å². The highest BCUT2D eigenvalue weighted by Crippen LogP contribution is 2.33. The van der Waals surface area contributed by atoms with Crippen LogP contribution in [0, 0.1) is 0 Å². The summed E-state index contributed by atoms with van der Waals surface area (Å²) in [6, 6.07) is 6.74. The topological polar surface area (TPSA) is 56.8 Å². The molecule has 1 saturated carbocycles. The van der Waals surface area contributed by atoms with Gasteiger partial charge >= 0.3 is 6.03 Å². The first-order valence-corrected chi connectivity index (χ1v) is 10.6. The van der Waals surface area contributed by atoms with E-state index in [1.807, 2.05) is 0 Å². The summed E-state index contributed by atoms with van der Waals surface area (Å²) in [5, 5.41) is 6.35. The molecule has 4 rings (SSSR count). The van der Waals surface area contributed by atoms with E-state index in [2.05, 4.69) is 38.6 Å². The van der Waals surface area contributed by atoms with Crippen LogP contribution in [-0.2, 0) is 4.74 Å². The molecule has 2 saturated heterocycles. The first-order chi connectivity index (χ1) is 13.3. The van der Waals surface area contributed by atoms with Gasteiger partial charge in [0.1, 0.15) is 0 Å². The smallest absolute Gasteiger partial charge is 0.319 e. The predicted molar refractivity (Wildman–Crippen MR) is 110 cm³/mol. The average molecular weight is 373 g/mol. The van der Waals surface area contributed by atoms with Crippen LogP contribution < -0.4 is 20.4 Å². The van der Waals surface area contributed by atoms with Crippen molar-refractivity contribution in [2.45, 2.75) is 51.0 Å². The van der Waals surface area contributed by atoms with E-state index in [9.17, 15) is 4.79 Å². The zero-order valence-electron chi connectivity index (χ0n) is 16.2. The lowest BCUT2D eigenvalue weighted by atomic mass is 9.96. The fourth-order valence-corrected chi connectivity index (χ4v) is 4.47. The maximum Gasteiger partial charge on any atom is 0.319 e. The molecule has 1 aromatic rings. The number of carbonyl (C=O) groups excluding carboxylic acids is 1. The summed E-state index contributed by atoms with van der Waals surface area (Å²) in [6.07, 6.45) is 8.37. The molecule has 0 unspecified atom stereocenters. The Hall–Kier alpha value is -1.95. The second kappa shape index (κ2) is 8.83. The number of carbonyl (C=O) groups is 1. The number of anilines is 3. The second-order valence-corrected chi connectivity index (χ2v) is 7.93. The number of amides is 2. The number of hydrogen-bond acceptors (Lipinski definition) is 4. The minimum absolute atomic E-state index is 0.0681. The summed E-state index contributed by atoms with van der Waals surface area (Å²) in [7, 11) is 0. The van der Waals surface area contributed by atoms with Crippen molar-refractivity contribution in [3.63, 3.8) is 0 Å². The third kappa shape index (κ3) is 4.67. The summed E-state index contributed by atoms with van der Waals surface area (Å²) >= 11 is 0. The molecule has 148 valence electrons. The molecule has 27 heavy (non-hydrogen) atoms. The number of benzene rings is 1. The van der Waals surface area contributed by atoms with E-state index in [1.54, 1.807) is 0 Å². The zero-order chi connectivity index (χ0) is 18.5. The summed E-state index contributed by atoms with van der Waals surface area (Å²) < 4.78 is 5.48. The van der Waals surface area contributed by atoms with E-state index in [4.69, 9.17) is 4.74 Å². The quantitative estimate of drug-likeness (QED) is 0.848. The number of urea groups is 1. The zero-order valence-corrected chi connectivity index (χ0v) is 16.2. The van der Waals surface area contributed by atoms with Crippen molar-refractivity contribution in [1.82, 2.24) is 5.32 Å². The Morgan fingerprint density at radius 2 is 1.67 bits per heavy atom. The van der Waals surface area contributed by atoms with Crippen LogP contribution in [0.1, 0.15) is 44.9 Å². The molecule has 0 atom stereocenters. The van der Waals surface area contributed by atoms with Crippen LogP contribution in [0.25, 0.3) is 0 Å². The highest BCUT2D eigenvalue weighted by molar-refractivity contribution is 5.94. The standard InChI is InChI=1S/C21H32N4O2/c26-21(22-17-6-2-1-3-7-17)23-19-16-18(24-12-14-27-15-13-24)8-9-20(19)25-10-4-5-11-25/h8-9,16-17H,1-7,10-15H2,(H2,22,23,26). The number of ether oxygens (including phenoxy) is 1. The molecule has 0 radical (unpaired) electrons. The molecule has 3 fully saturated rings. The third-order valence-electron chi connectivity index (χ3n) is 5.99. The van der Waals surface area contributed by atoms with E-state index >= 15 is 0 Å². The van der Waals surface area contributed by atoms with Gasteiger partial charge in [0.05, 0.1) is 24.6 Å². The first-order valence-electron chi connectivity index (χ1n) is 10.6. The molecule has 3 aliphatic rings. The summed E-state index contributed by atoms with van der Waals surface area (Å²) in [5.74, 6) is 0. The lowest BCUT2D eigenvalue weighted by Crippen LogP contribution is -2.39. The molecule has 0 bridgehead atoms. The summed E-state index contributed by atoms with van der Waals surface area (Å²) in [5.41, 5.74) is 3.23. The van der Waals surface area contributed by atoms with Gasteiger partial charge < -0.3 is 25.2 Å². The number of morpholine rings is 1. The largest absolute Gasteiger partial charge is 0.378 e. The van der Waals surface area contributed by atoms with E-state index in [1.165, 1.54) is 32.1 Å². The Balaban J connectivity index is 1.50. The molecule has 1 aliphatic carbocycles. The van der Waals surface area contributed by atoms with Crippen molar-refractivity contribution < 1.29 is 9.53 Å². The summed E-state index contributed by atoms with van der Waals surface area (Å²) in [6.45, 7) is 5.46. The molecule has 2 heterocycles. The molecule has 2 amide bonds. The van der Waals surface area contributed by atoms with E-state index in [-0.39, 0.29) is 6.03 Å². The molecular formula is C21H32N4O2. The van der Waals surface area contributed by atoms with Gasteiger partial charge in [-0.2, -0.15) is 0 Å². The van der Waals surface area contributed by atoms with E-state index < -0.39 is 0 Å². The maximum absolute atomic E-state index is 12.7. The van der Waals surface area contributed by atoms with Crippen molar-refractivity contribution in [1.29, 1.82) is 0 Å². The highest BCUT2D eigenvalue weighted by atomic mass is 16.5. The van der Waals surface area contributed by atoms with Crippen molar-refractivity contribution >= 4 is 23.1 Å². The van der Waals surface area contributed by atoms with Crippen molar-refractivity contribution in [2.75, 3.05) is 54.5 Å². The highest BCUT2D eigenvalue weighted by Gasteiger charge is 2.21.